The Morgan fingerprint density at radius 3 is 2.95 bits per heavy atom. The summed E-state index contributed by atoms with van der Waals surface area (Å²) in [5, 5.41) is 11.7. The van der Waals surface area contributed by atoms with E-state index >= 15 is 0 Å². The van der Waals surface area contributed by atoms with Crippen molar-refractivity contribution in [1.29, 1.82) is 5.26 Å². The van der Waals surface area contributed by atoms with Gasteiger partial charge in [-0.1, -0.05) is 0 Å². The second-order valence-electron chi connectivity index (χ2n) is 5.38. The van der Waals surface area contributed by atoms with Crippen LogP contribution in [-0.2, 0) is 10.2 Å². The molecule has 1 fully saturated rings. The topological polar surface area (TPSA) is 77.3 Å². The number of aromatic nitrogens is 1. The molecule has 1 aliphatic rings. The summed E-state index contributed by atoms with van der Waals surface area (Å²) in [6, 6.07) is 1.89. The Labute approximate surface area is 130 Å². The fourth-order valence-electron chi connectivity index (χ4n) is 2.54. The number of hydrogen-bond donors (Lipinski definition) is 0. The lowest BCUT2D eigenvalue weighted by Crippen LogP contribution is -2.43. The zero-order valence-electron chi connectivity index (χ0n) is 12.5. The molecule has 0 spiro atoms. The van der Waals surface area contributed by atoms with Crippen molar-refractivity contribution in [3.63, 3.8) is 0 Å². The highest BCUT2D eigenvalue weighted by Crippen LogP contribution is 2.35. The number of hydrogen-bond acceptors (Lipinski definition) is 5. The molecule has 116 valence electrons. The van der Waals surface area contributed by atoms with Crippen LogP contribution < -0.4 is 0 Å². The van der Waals surface area contributed by atoms with E-state index < -0.39 is 10.2 Å². The lowest BCUT2D eigenvalue weighted by Gasteiger charge is -2.28. The molecule has 1 aromatic heterocycles. The Morgan fingerprint density at radius 2 is 2.38 bits per heavy atom. The van der Waals surface area contributed by atoms with Gasteiger partial charge in [-0.05, 0) is 26.7 Å². The molecule has 0 amide bonds. The van der Waals surface area contributed by atoms with Crippen molar-refractivity contribution in [3.05, 3.63) is 16.1 Å². The maximum Gasteiger partial charge on any atom is 0.282 e. The minimum Gasteiger partial charge on any atom is -0.245 e. The molecule has 1 saturated heterocycles. The van der Waals surface area contributed by atoms with E-state index in [9.17, 15) is 8.42 Å². The molecule has 0 N–H and O–H groups in total. The number of aryl methyl sites for hydroxylation is 1. The maximum absolute atomic E-state index is 12.7. The smallest absolute Gasteiger partial charge is 0.245 e. The molecule has 1 aliphatic heterocycles. The highest BCUT2D eigenvalue weighted by molar-refractivity contribution is 7.86. The molecule has 0 aromatic carbocycles. The number of rotatable bonds is 5. The number of nitrogens with zero attached hydrogens (tertiary/aromatic N) is 4. The van der Waals surface area contributed by atoms with Gasteiger partial charge in [-0.25, -0.2) is 4.98 Å². The zero-order valence-corrected chi connectivity index (χ0v) is 14.1. The Balaban J connectivity index is 2.20. The van der Waals surface area contributed by atoms with Crippen molar-refractivity contribution in [1.82, 2.24) is 13.6 Å². The van der Waals surface area contributed by atoms with Gasteiger partial charge >= 0.3 is 0 Å². The molecule has 0 radical (unpaired) electrons. The quantitative estimate of drug-likeness (QED) is 0.827. The maximum atomic E-state index is 12.7. The van der Waals surface area contributed by atoms with Crippen LogP contribution in [0.1, 0.15) is 36.5 Å². The molecule has 2 heterocycles. The summed E-state index contributed by atoms with van der Waals surface area (Å²) < 4.78 is 28.2. The van der Waals surface area contributed by atoms with Gasteiger partial charge in [-0.2, -0.15) is 22.3 Å². The predicted octanol–water partition coefficient (Wildman–Crippen LogP) is 1.92. The molecule has 2 atom stereocenters. The van der Waals surface area contributed by atoms with Crippen molar-refractivity contribution in [2.45, 2.75) is 32.7 Å². The van der Waals surface area contributed by atoms with E-state index in [1.807, 2.05) is 12.3 Å². The predicted molar refractivity (Wildman–Crippen MR) is 81.9 cm³/mol. The van der Waals surface area contributed by atoms with Gasteiger partial charge in [0.05, 0.1) is 28.7 Å². The molecule has 2 rings (SSSR count). The van der Waals surface area contributed by atoms with Crippen LogP contribution in [0.4, 0.5) is 0 Å². The van der Waals surface area contributed by atoms with Crippen molar-refractivity contribution in [3.8, 4) is 6.07 Å². The van der Waals surface area contributed by atoms with Crippen LogP contribution in [0.3, 0.4) is 0 Å². The fraction of sp³-hybridized carbons (Fsp3) is 0.692. The molecule has 0 aliphatic carbocycles. The monoisotopic (exact) mass is 328 g/mol. The Kier molecular flexibility index (Phi) is 4.99. The van der Waals surface area contributed by atoms with Gasteiger partial charge < -0.3 is 0 Å². The number of nitriles is 1. The van der Waals surface area contributed by atoms with Crippen molar-refractivity contribution < 1.29 is 8.42 Å². The summed E-state index contributed by atoms with van der Waals surface area (Å²) in [6.07, 6.45) is 1.63. The van der Waals surface area contributed by atoms with Crippen LogP contribution in [0.2, 0.25) is 0 Å². The highest BCUT2D eigenvalue weighted by atomic mass is 32.2. The molecule has 2 unspecified atom stereocenters. The number of thiazole rings is 1. The van der Waals surface area contributed by atoms with E-state index in [0.29, 0.717) is 6.54 Å². The average Bonchev–Trinajstić information content (AvgIpc) is 3.06. The second kappa shape index (κ2) is 6.40. The normalized spacial score (nSPS) is 21.6. The molecule has 0 bridgehead atoms. The molecule has 1 aromatic rings. The Morgan fingerprint density at radius 1 is 1.67 bits per heavy atom. The standard InChI is InChI=1S/C13H20N4O2S2/c1-10(7-14)8-16(3)21(18,19)17-6-4-5-13(17)12-9-20-11(2)15-12/h9-10,13H,4-6,8H2,1-3H3. The highest BCUT2D eigenvalue weighted by Gasteiger charge is 2.38. The minimum absolute atomic E-state index is 0.181. The third-order valence-corrected chi connectivity index (χ3v) is 6.38. The first kappa shape index (κ1) is 16.4. The first-order chi connectivity index (χ1) is 9.86. The van der Waals surface area contributed by atoms with Crippen LogP contribution >= 0.6 is 11.3 Å². The minimum atomic E-state index is -3.55. The Bertz CT molecular complexity index is 635. The van der Waals surface area contributed by atoms with Gasteiger partial charge in [0, 0.05) is 25.5 Å². The van der Waals surface area contributed by atoms with Crippen LogP contribution in [-0.4, -0.2) is 42.1 Å². The van der Waals surface area contributed by atoms with E-state index in [0.717, 1.165) is 23.5 Å². The van der Waals surface area contributed by atoms with Gasteiger partial charge in [0.15, 0.2) is 0 Å². The van der Waals surface area contributed by atoms with E-state index in [1.54, 1.807) is 6.92 Å². The van der Waals surface area contributed by atoms with Gasteiger partial charge in [0.1, 0.15) is 0 Å². The fourth-order valence-corrected chi connectivity index (χ4v) is 4.87. The van der Waals surface area contributed by atoms with Gasteiger partial charge in [-0.3, -0.25) is 0 Å². The summed E-state index contributed by atoms with van der Waals surface area (Å²) in [5.41, 5.74) is 0.834. The van der Waals surface area contributed by atoms with Crippen LogP contribution in [0.25, 0.3) is 0 Å². The first-order valence-corrected chi connectivity index (χ1v) is 9.18. The lowest BCUT2D eigenvalue weighted by molar-refractivity contribution is 0.336. The van der Waals surface area contributed by atoms with Gasteiger partial charge in [-0.15, -0.1) is 11.3 Å². The van der Waals surface area contributed by atoms with Gasteiger partial charge in [0.25, 0.3) is 10.2 Å². The average molecular weight is 328 g/mol. The lowest BCUT2D eigenvalue weighted by atomic mass is 10.2. The molecule has 21 heavy (non-hydrogen) atoms. The Hall–Kier alpha value is -1.01. The molecular weight excluding hydrogens is 308 g/mol. The molecule has 6 nitrogen and oxygen atoms in total. The first-order valence-electron chi connectivity index (χ1n) is 6.91. The summed E-state index contributed by atoms with van der Waals surface area (Å²) in [4.78, 5) is 4.43. The zero-order chi connectivity index (χ0) is 15.6. The van der Waals surface area contributed by atoms with Crippen LogP contribution in [0.15, 0.2) is 5.38 Å². The third kappa shape index (κ3) is 3.43. The van der Waals surface area contributed by atoms with Crippen LogP contribution in [0, 0.1) is 24.2 Å². The summed E-state index contributed by atoms with van der Waals surface area (Å²) in [5.74, 6) is -0.327. The summed E-state index contributed by atoms with van der Waals surface area (Å²) in [6.45, 7) is 4.35. The third-order valence-electron chi connectivity index (χ3n) is 3.62. The second-order valence-corrected chi connectivity index (χ2v) is 8.43. The van der Waals surface area contributed by atoms with Crippen molar-refractivity contribution in [2.24, 2.45) is 5.92 Å². The largest absolute Gasteiger partial charge is 0.282 e. The molecular formula is C13H20N4O2S2. The van der Waals surface area contributed by atoms with Crippen molar-refractivity contribution >= 4 is 21.5 Å². The summed E-state index contributed by atoms with van der Waals surface area (Å²) in [7, 11) is -2.02. The van der Waals surface area contributed by atoms with E-state index in [-0.39, 0.29) is 18.5 Å². The van der Waals surface area contributed by atoms with Gasteiger partial charge in [0.2, 0.25) is 0 Å². The van der Waals surface area contributed by atoms with E-state index in [4.69, 9.17) is 5.26 Å². The van der Waals surface area contributed by atoms with E-state index in [2.05, 4.69) is 11.1 Å². The molecule has 0 saturated carbocycles. The van der Waals surface area contributed by atoms with Crippen molar-refractivity contribution in [2.75, 3.05) is 20.1 Å². The SMILES string of the molecule is Cc1nc(C2CCCN2S(=O)(=O)N(C)CC(C)C#N)cs1. The van der Waals surface area contributed by atoms with Crippen LogP contribution in [0.5, 0.6) is 0 Å². The van der Waals surface area contributed by atoms with E-state index in [1.165, 1.54) is 27.0 Å². The molecule has 8 heteroatoms. The summed E-state index contributed by atoms with van der Waals surface area (Å²) >= 11 is 1.54.